The van der Waals surface area contributed by atoms with Gasteiger partial charge >= 0.3 is 0 Å². The Bertz CT molecular complexity index is 429. The second kappa shape index (κ2) is 12.5. The quantitative estimate of drug-likeness (QED) is 0.387. The van der Waals surface area contributed by atoms with E-state index < -0.39 is 0 Å². The van der Waals surface area contributed by atoms with Crippen molar-refractivity contribution in [2.45, 2.75) is 45.8 Å². The number of nitrogens with one attached hydrogen (secondary N) is 2. The third kappa shape index (κ3) is 9.23. The number of ether oxygens (including phenoxy) is 2. The molecule has 2 aliphatic rings. The molecule has 2 fully saturated rings. The van der Waals surface area contributed by atoms with Gasteiger partial charge in [0, 0.05) is 59.0 Å². The molecule has 0 aromatic rings. The van der Waals surface area contributed by atoms with Crippen LogP contribution in [0.4, 0.5) is 0 Å². The molecule has 2 N–H and O–H groups in total. The smallest absolute Gasteiger partial charge is 0.191 e. The average molecular weight is 384 g/mol. The molecule has 1 heterocycles. The van der Waals surface area contributed by atoms with Gasteiger partial charge in [-0.05, 0) is 25.7 Å². The minimum Gasteiger partial charge on any atom is -0.383 e. The maximum atomic E-state index is 5.92. The van der Waals surface area contributed by atoms with Gasteiger partial charge in [0.15, 0.2) is 5.96 Å². The van der Waals surface area contributed by atoms with Gasteiger partial charge in [-0.15, -0.1) is 0 Å². The van der Waals surface area contributed by atoms with Crippen LogP contribution >= 0.6 is 0 Å². The summed E-state index contributed by atoms with van der Waals surface area (Å²) in [6, 6.07) is 0.754. The molecule has 0 aromatic carbocycles. The van der Waals surface area contributed by atoms with Crippen LogP contribution in [-0.4, -0.2) is 101 Å². The van der Waals surface area contributed by atoms with Crippen LogP contribution in [0.5, 0.6) is 0 Å². The third-order valence-electron chi connectivity index (χ3n) is 4.98. The van der Waals surface area contributed by atoms with Crippen LogP contribution in [0.25, 0.3) is 0 Å². The number of methoxy groups -OCH3 is 1. The molecule has 1 aliphatic carbocycles. The lowest BCUT2D eigenvalue weighted by molar-refractivity contribution is -0.0261. The van der Waals surface area contributed by atoms with Crippen LogP contribution < -0.4 is 10.6 Å². The summed E-state index contributed by atoms with van der Waals surface area (Å²) in [4.78, 5) is 9.79. The van der Waals surface area contributed by atoms with Gasteiger partial charge in [0.1, 0.15) is 0 Å². The molecule has 1 unspecified atom stereocenters. The molecular weight excluding hydrogens is 342 g/mol. The van der Waals surface area contributed by atoms with E-state index in [0.717, 1.165) is 71.0 Å². The van der Waals surface area contributed by atoms with Gasteiger partial charge in [-0.3, -0.25) is 14.8 Å². The van der Waals surface area contributed by atoms with E-state index in [2.05, 4.69) is 41.2 Å². The van der Waals surface area contributed by atoms with Crippen molar-refractivity contribution in [3.05, 3.63) is 0 Å². The molecule has 1 aliphatic heterocycles. The fraction of sp³-hybridized carbons (Fsp3) is 0.950. The van der Waals surface area contributed by atoms with Crippen molar-refractivity contribution >= 4 is 5.96 Å². The summed E-state index contributed by atoms with van der Waals surface area (Å²) < 4.78 is 11.2. The van der Waals surface area contributed by atoms with Gasteiger partial charge in [0.2, 0.25) is 0 Å². The summed E-state index contributed by atoms with van der Waals surface area (Å²) in [6.45, 7) is 15.9. The second-order valence-corrected chi connectivity index (χ2v) is 8.05. The number of nitrogens with zero attached hydrogens (tertiary/aromatic N) is 3. The van der Waals surface area contributed by atoms with Gasteiger partial charge in [0.05, 0.1) is 25.9 Å². The molecule has 0 bridgehead atoms. The Morgan fingerprint density at radius 3 is 2.78 bits per heavy atom. The molecule has 7 nitrogen and oxygen atoms in total. The molecule has 1 saturated heterocycles. The largest absolute Gasteiger partial charge is 0.383 e. The predicted molar refractivity (Wildman–Crippen MR) is 111 cm³/mol. The van der Waals surface area contributed by atoms with Crippen molar-refractivity contribution in [1.29, 1.82) is 0 Å². The van der Waals surface area contributed by atoms with E-state index in [9.17, 15) is 0 Å². The Balaban J connectivity index is 1.74. The van der Waals surface area contributed by atoms with E-state index in [1.165, 1.54) is 12.8 Å². The fourth-order valence-electron chi connectivity index (χ4n) is 3.55. The summed E-state index contributed by atoms with van der Waals surface area (Å²) >= 11 is 0. The Kier molecular flexibility index (Phi) is 10.4. The maximum absolute atomic E-state index is 5.92. The van der Waals surface area contributed by atoms with E-state index in [-0.39, 0.29) is 6.10 Å². The van der Waals surface area contributed by atoms with Crippen molar-refractivity contribution in [2.75, 3.05) is 72.7 Å². The van der Waals surface area contributed by atoms with Gasteiger partial charge in [0.25, 0.3) is 0 Å². The monoisotopic (exact) mass is 383 g/mol. The van der Waals surface area contributed by atoms with Crippen LogP contribution in [0.1, 0.15) is 33.6 Å². The molecule has 7 heteroatoms. The highest BCUT2D eigenvalue weighted by atomic mass is 16.5. The van der Waals surface area contributed by atoms with E-state index in [4.69, 9.17) is 14.5 Å². The van der Waals surface area contributed by atoms with Crippen molar-refractivity contribution in [3.8, 4) is 0 Å². The van der Waals surface area contributed by atoms with Crippen LogP contribution in [0.2, 0.25) is 0 Å². The fourth-order valence-corrected chi connectivity index (χ4v) is 3.55. The number of hydrogen-bond acceptors (Lipinski definition) is 5. The second-order valence-electron chi connectivity index (χ2n) is 8.05. The molecule has 0 spiro atoms. The third-order valence-corrected chi connectivity index (χ3v) is 4.98. The zero-order valence-corrected chi connectivity index (χ0v) is 17.9. The molecule has 2 rings (SSSR count). The first-order chi connectivity index (χ1) is 13.1. The van der Waals surface area contributed by atoms with E-state index in [1.807, 2.05) is 0 Å². The maximum Gasteiger partial charge on any atom is 0.191 e. The number of rotatable bonds is 12. The van der Waals surface area contributed by atoms with Gasteiger partial charge < -0.3 is 20.1 Å². The van der Waals surface area contributed by atoms with Crippen LogP contribution in [0, 0.1) is 5.92 Å². The molecule has 27 heavy (non-hydrogen) atoms. The molecule has 0 amide bonds. The van der Waals surface area contributed by atoms with Crippen molar-refractivity contribution < 1.29 is 9.47 Å². The summed E-state index contributed by atoms with van der Waals surface area (Å²) in [5.41, 5.74) is 0. The molecule has 0 radical (unpaired) electrons. The predicted octanol–water partition coefficient (Wildman–Crippen LogP) is 1.01. The Morgan fingerprint density at radius 1 is 1.30 bits per heavy atom. The summed E-state index contributed by atoms with van der Waals surface area (Å²) in [6.07, 6.45) is 2.84. The Labute approximate surface area is 165 Å². The minimum absolute atomic E-state index is 0.192. The van der Waals surface area contributed by atoms with E-state index in [0.29, 0.717) is 12.5 Å². The van der Waals surface area contributed by atoms with Crippen molar-refractivity contribution in [1.82, 2.24) is 20.4 Å². The van der Waals surface area contributed by atoms with Crippen molar-refractivity contribution in [2.24, 2.45) is 10.9 Å². The zero-order chi connectivity index (χ0) is 19.5. The first-order valence-corrected chi connectivity index (χ1v) is 10.7. The number of morpholine rings is 1. The number of hydrogen-bond donors (Lipinski definition) is 2. The lowest BCUT2D eigenvalue weighted by Crippen LogP contribution is -2.46. The topological polar surface area (TPSA) is 61.4 Å². The molecular formula is C20H41N5O2. The van der Waals surface area contributed by atoms with Crippen molar-refractivity contribution in [3.63, 3.8) is 0 Å². The number of guanidine groups is 1. The lowest BCUT2D eigenvalue weighted by Gasteiger charge is -2.33. The SMILES string of the molecule is CCNC(=NCC1CN(CC(C)C)CCO1)NCCN(CCOC)C1CC1. The van der Waals surface area contributed by atoms with Gasteiger partial charge in [-0.25, -0.2) is 0 Å². The summed E-state index contributed by atoms with van der Waals surface area (Å²) in [5, 5.41) is 6.83. The van der Waals surface area contributed by atoms with E-state index in [1.54, 1.807) is 7.11 Å². The lowest BCUT2D eigenvalue weighted by atomic mass is 10.2. The molecule has 1 saturated carbocycles. The first-order valence-electron chi connectivity index (χ1n) is 10.7. The molecule has 158 valence electrons. The Morgan fingerprint density at radius 2 is 2.11 bits per heavy atom. The van der Waals surface area contributed by atoms with Gasteiger partial charge in [-0.1, -0.05) is 13.8 Å². The summed E-state index contributed by atoms with van der Waals surface area (Å²) in [7, 11) is 1.77. The first kappa shape index (κ1) is 22.4. The minimum atomic E-state index is 0.192. The van der Waals surface area contributed by atoms with E-state index >= 15 is 0 Å². The average Bonchev–Trinajstić information content (AvgIpc) is 3.47. The highest BCUT2D eigenvalue weighted by molar-refractivity contribution is 5.79. The van der Waals surface area contributed by atoms with Gasteiger partial charge in [-0.2, -0.15) is 0 Å². The Hall–Kier alpha value is -0.890. The normalized spacial score (nSPS) is 21.9. The molecule has 1 atom stereocenters. The highest BCUT2D eigenvalue weighted by Crippen LogP contribution is 2.25. The van der Waals surface area contributed by atoms with Crippen LogP contribution in [-0.2, 0) is 9.47 Å². The zero-order valence-electron chi connectivity index (χ0n) is 17.9. The van der Waals surface area contributed by atoms with Crippen LogP contribution in [0.3, 0.4) is 0 Å². The number of aliphatic imine (C=N–C) groups is 1. The molecule has 0 aromatic heterocycles. The van der Waals surface area contributed by atoms with Crippen LogP contribution in [0.15, 0.2) is 4.99 Å². The highest BCUT2D eigenvalue weighted by Gasteiger charge is 2.28. The summed E-state index contributed by atoms with van der Waals surface area (Å²) in [5.74, 6) is 1.59. The standard InChI is InChI=1S/C20H41N5O2/c1-5-21-20(22-8-9-25(11-12-26-4)18-6-7-18)23-14-19-16-24(10-13-27-19)15-17(2)3/h17-19H,5-16H2,1-4H3,(H2,21,22,23).